The molecule has 2 aromatic carbocycles. The van der Waals surface area contributed by atoms with Gasteiger partial charge < -0.3 is 10.4 Å². The average Bonchev–Trinajstić information content (AvgIpc) is 2.48. The summed E-state index contributed by atoms with van der Waals surface area (Å²) in [5.74, 6) is -0.530. The summed E-state index contributed by atoms with van der Waals surface area (Å²) in [5.41, 5.74) is 2.19. The fourth-order valence-electron chi connectivity index (χ4n) is 2.22. The lowest BCUT2D eigenvalue weighted by atomic mass is 10.1. The third-order valence-electron chi connectivity index (χ3n) is 3.23. The highest BCUT2D eigenvalue weighted by molar-refractivity contribution is 6.28. The normalized spacial score (nSPS) is 10.6. The zero-order valence-corrected chi connectivity index (χ0v) is 12.4. The van der Waals surface area contributed by atoms with Gasteiger partial charge in [-0.05, 0) is 42.8 Å². The minimum atomic E-state index is -1.00. The van der Waals surface area contributed by atoms with Gasteiger partial charge in [0, 0.05) is 5.39 Å². The molecule has 2 N–H and O–H groups in total. The van der Waals surface area contributed by atoms with Crippen molar-refractivity contribution in [1.29, 1.82) is 0 Å². The van der Waals surface area contributed by atoms with Gasteiger partial charge in [0.1, 0.15) is 5.82 Å². The van der Waals surface area contributed by atoms with Crippen LogP contribution >= 0.6 is 11.6 Å². The molecule has 0 spiro atoms. The topological polar surface area (TPSA) is 75.1 Å². The van der Waals surface area contributed by atoms with E-state index in [9.17, 15) is 9.90 Å². The van der Waals surface area contributed by atoms with Crippen LogP contribution in [0.4, 0.5) is 11.5 Å². The van der Waals surface area contributed by atoms with Gasteiger partial charge in [-0.2, -0.15) is 4.98 Å². The van der Waals surface area contributed by atoms with Gasteiger partial charge in [-0.1, -0.05) is 23.8 Å². The van der Waals surface area contributed by atoms with E-state index in [1.165, 1.54) is 0 Å². The molecule has 0 amide bonds. The summed E-state index contributed by atoms with van der Waals surface area (Å²) < 4.78 is 0. The molecule has 0 aliphatic rings. The first-order chi connectivity index (χ1) is 10.5. The second-order valence-electron chi connectivity index (χ2n) is 4.84. The van der Waals surface area contributed by atoms with Gasteiger partial charge in [-0.25, -0.2) is 9.78 Å². The number of fused-ring (bicyclic) bond motifs is 1. The van der Waals surface area contributed by atoms with E-state index >= 15 is 0 Å². The Labute approximate surface area is 131 Å². The average molecular weight is 314 g/mol. The zero-order valence-electron chi connectivity index (χ0n) is 11.7. The van der Waals surface area contributed by atoms with E-state index < -0.39 is 5.97 Å². The lowest BCUT2D eigenvalue weighted by Gasteiger charge is -2.12. The third-order valence-corrected chi connectivity index (χ3v) is 3.40. The summed E-state index contributed by atoms with van der Waals surface area (Å²) >= 11 is 5.94. The Hall–Kier alpha value is -2.66. The van der Waals surface area contributed by atoms with E-state index in [0.717, 1.165) is 10.9 Å². The van der Waals surface area contributed by atoms with Crippen molar-refractivity contribution in [2.24, 2.45) is 0 Å². The molecule has 3 rings (SSSR count). The number of para-hydroxylation sites is 1. The summed E-state index contributed by atoms with van der Waals surface area (Å²) in [6.45, 7) is 1.84. The summed E-state index contributed by atoms with van der Waals surface area (Å²) in [6, 6.07) is 12.5. The maximum atomic E-state index is 11.4. The molecule has 1 aromatic heterocycles. The number of carboxylic acids is 1. The van der Waals surface area contributed by atoms with Gasteiger partial charge in [0.15, 0.2) is 0 Å². The van der Waals surface area contributed by atoms with Crippen LogP contribution in [0.3, 0.4) is 0 Å². The fourth-order valence-corrected chi connectivity index (χ4v) is 2.39. The molecule has 0 radical (unpaired) electrons. The molecule has 0 saturated heterocycles. The van der Waals surface area contributed by atoms with Crippen molar-refractivity contribution in [2.75, 3.05) is 5.32 Å². The number of carbonyl (C=O) groups is 1. The van der Waals surface area contributed by atoms with E-state index in [4.69, 9.17) is 11.6 Å². The van der Waals surface area contributed by atoms with Crippen molar-refractivity contribution in [3.05, 3.63) is 58.9 Å². The van der Waals surface area contributed by atoms with Gasteiger partial charge in [-0.15, -0.1) is 0 Å². The van der Waals surface area contributed by atoms with E-state index in [1.807, 2.05) is 37.3 Å². The highest BCUT2D eigenvalue weighted by Crippen LogP contribution is 2.27. The first-order valence-corrected chi connectivity index (χ1v) is 6.95. The molecule has 0 saturated carbocycles. The molecule has 0 bridgehead atoms. The molecule has 0 aliphatic heterocycles. The predicted molar refractivity (Wildman–Crippen MR) is 86.0 cm³/mol. The lowest BCUT2D eigenvalue weighted by Crippen LogP contribution is -2.05. The van der Waals surface area contributed by atoms with Crippen LogP contribution in [0.1, 0.15) is 15.9 Å². The number of aryl methyl sites for hydroxylation is 1. The van der Waals surface area contributed by atoms with Crippen molar-refractivity contribution >= 4 is 40.0 Å². The molecular formula is C16H12ClN3O2. The van der Waals surface area contributed by atoms with Gasteiger partial charge >= 0.3 is 5.97 Å². The Balaban J connectivity index is 2.13. The van der Waals surface area contributed by atoms with Gasteiger partial charge in [0.25, 0.3) is 0 Å². The molecule has 1 heterocycles. The molecule has 0 aliphatic carbocycles. The number of hydrogen-bond acceptors (Lipinski definition) is 4. The van der Waals surface area contributed by atoms with Crippen LogP contribution in [0, 0.1) is 6.92 Å². The predicted octanol–water partition coefficient (Wildman–Crippen LogP) is 4.03. The number of aromatic nitrogens is 2. The fraction of sp³-hybridized carbons (Fsp3) is 0.0625. The van der Waals surface area contributed by atoms with Crippen LogP contribution in [0.2, 0.25) is 5.28 Å². The second-order valence-corrected chi connectivity index (χ2v) is 5.18. The van der Waals surface area contributed by atoms with E-state index in [-0.39, 0.29) is 10.8 Å². The Bertz CT molecular complexity index is 880. The van der Waals surface area contributed by atoms with Crippen LogP contribution in [0.5, 0.6) is 0 Å². The van der Waals surface area contributed by atoms with Crippen LogP contribution in [0.15, 0.2) is 42.5 Å². The van der Waals surface area contributed by atoms with Crippen molar-refractivity contribution in [3.63, 3.8) is 0 Å². The van der Waals surface area contributed by atoms with E-state index in [0.29, 0.717) is 17.0 Å². The number of aromatic carboxylic acids is 1. The maximum absolute atomic E-state index is 11.4. The Morgan fingerprint density at radius 2 is 1.95 bits per heavy atom. The van der Waals surface area contributed by atoms with Crippen LogP contribution < -0.4 is 5.32 Å². The van der Waals surface area contributed by atoms with E-state index in [2.05, 4.69) is 15.3 Å². The number of anilines is 2. The Morgan fingerprint density at radius 1 is 1.18 bits per heavy atom. The van der Waals surface area contributed by atoms with Gasteiger partial charge in [0.2, 0.25) is 5.28 Å². The number of halogens is 1. The molecule has 22 heavy (non-hydrogen) atoms. The largest absolute Gasteiger partial charge is 0.478 e. The van der Waals surface area contributed by atoms with Crippen molar-refractivity contribution < 1.29 is 9.90 Å². The molecule has 5 nitrogen and oxygen atoms in total. The summed E-state index contributed by atoms with van der Waals surface area (Å²) in [6.07, 6.45) is 0. The molecule has 3 aromatic rings. The standard InChI is InChI=1S/C16H12ClN3O2/c1-9-6-7-13(11(8-9)15(21)22)18-14-10-4-2-3-5-12(10)19-16(17)20-14/h2-8H,1H3,(H,21,22)(H,18,19,20). The summed E-state index contributed by atoms with van der Waals surface area (Å²) in [4.78, 5) is 19.7. The first-order valence-electron chi connectivity index (χ1n) is 6.58. The number of carboxylic acid groups (broad SMARTS) is 1. The van der Waals surface area contributed by atoms with Crippen molar-refractivity contribution in [2.45, 2.75) is 6.92 Å². The van der Waals surface area contributed by atoms with Crippen LogP contribution in [-0.4, -0.2) is 21.0 Å². The zero-order chi connectivity index (χ0) is 15.7. The third kappa shape index (κ3) is 2.71. The summed E-state index contributed by atoms with van der Waals surface area (Å²) in [7, 11) is 0. The molecule has 6 heteroatoms. The minimum Gasteiger partial charge on any atom is -0.478 e. The quantitative estimate of drug-likeness (QED) is 0.714. The van der Waals surface area contributed by atoms with Gasteiger partial charge in [-0.3, -0.25) is 0 Å². The highest BCUT2D eigenvalue weighted by atomic mass is 35.5. The van der Waals surface area contributed by atoms with E-state index in [1.54, 1.807) is 12.1 Å². The smallest absolute Gasteiger partial charge is 0.337 e. The SMILES string of the molecule is Cc1ccc(Nc2nc(Cl)nc3ccccc23)c(C(=O)O)c1. The Kier molecular flexibility index (Phi) is 3.65. The highest BCUT2D eigenvalue weighted by Gasteiger charge is 2.13. The molecule has 0 atom stereocenters. The first kappa shape index (κ1) is 14.3. The lowest BCUT2D eigenvalue weighted by molar-refractivity contribution is 0.0698. The number of benzene rings is 2. The Morgan fingerprint density at radius 3 is 2.73 bits per heavy atom. The molecule has 0 fully saturated rings. The number of rotatable bonds is 3. The molecule has 0 unspecified atom stereocenters. The van der Waals surface area contributed by atoms with Crippen LogP contribution in [0.25, 0.3) is 10.9 Å². The van der Waals surface area contributed by atoms with Crippen LogP contribution in [-0.2, 0) is 0 Å². The number of hydrogen-bond donors (Lipinski definition) is 2. The van der Waals surface area contributed by atoms with Gasteiger partial charge in [0.05, 0.1) is 16.8 Å². The molecular weight excluding hydrogens is 302 g/mol. The summed E-state index contributed by atoms with van der Waals surface area (Å²) in [5, 5.41) is 13.3. The monoisotopic (exact) mass is 313 g/mol. The van der Waals surface area contributed by atoms with Crippen molar-refractivity contribution in [1.82, 2.24) is 9.97 Å². The second kappa shape index (κ2) is 5.61. The number of nitrogens with one attached hydrogen (secondary N) is 1. The maximum Gasteiger partial charge on any atom is 0.337 e. The van der Waals surface area contributed by atoms with Crippen molar-refractivity contribution in [3.8, 4) is 0 Å². The number of nitrogens with zero attached hydrogens (tertiary/aromatic N) is 2. The minimum absolute atomic E-state index is 0.102. The molecule has 110 valence electrons.